The normalized spacial score (nSPS) is 13.4. The fraction of sp³-hybridized carbons (Fsp3) is 0.533. The summed E-state index contributed by atoms with van der Waals surface area (Å²) in [5.74, 6) is 0.830. The molecule has 0 aliphatic rings. The Morgan fingerprint density at radius 2 is 2.00 bits per heavy atom. The molecule has 0 aromatic heterocycles. The van der Waals surface area contributed by atoms with E-state index < -0.39 is 6.10 Å². The molecule has 5 nitrogen and oxygen atoms in total. The number of aliphatic hydroxyl groups excluding tert-OH is 1. The molecule has 2 amide bonds. The third kappa shape index (κ3) is 6.43. The summed E-state index contributed by atoms with van der Waals surface area (Å²) in [6.07, 6.45) is 0.0279. The summed E-state index contributed by atoms with van der Waals surface area (Å²) in [6.45, 7) is 6.46. The summed E-state index contributed by atoms with van der Waals surface area (Å²) in [7, 11) is 0. The minimum atomic E-state index is -0.404. The molecule has 0 radical (unpaired) electrons. The monoisotopic (exact) mass is 280 g/mol. The second-order valence-corrected chi connectivity index (χ2v) is 4.97. The van der Waals surface area contributed by atoms with Gasteiger partial charge in [0.15, 0.2) is 0 Å². The number of nitrogens with one attached hydrogen (secondary N) is 2. The fourth-order valence-electron chi connectivity index (χ4n) is 1.64. The van der Waals surface area contributed by atoms with Crippen LogP contribution in [-0.2, 0) is 0 Å². The third-order valence-corrected chi connectivity index (χ3v) is 2.82. The molecule has 112 valence electrons. The van der Waals surface area contributed by atoms with Crippen LogP contribution in [0.15, 0.2) is 24.3 Å². The van der Waals surface area contributed by atoms with Gasteiger partial charge in [-0.15, -0.1) is 0 Å². The average Bonchev–Trinajstić information content (AvgIpc) is 2.39. The largest absolute Gasteiger partial charge is 0.489 e. The summed E-state index contributed by atoms with van der Waals surface area (Å²) in [4.78, 5) is 11.5. The Hall–Kier alpha value is -1.75. The van der Waals surface area contributed by atoms with E-state index >= 15 is 0 Å². The molecule has 0 bridgehead atoms. The zero-order chi connectivity index (χ0) is 15.0. The van der Waals surface area contributed by atoms with Crippen molar-refractivity contribution in [2.45, 2.75) is 39.4 Å². The first-order chi connectivity index (χ1) is 9.49. The maximum atomic E-state index is 11.5. The van der Waals surface area contributed by atoms with Crippen LogP contribution in [0.3, 0.4) is 0 Å². The van der Waals surface area contributed by atoms with Crippen LogP contribution in [0.4, 0.5) is 4.79 Å². The third-order valence-electron chi connectivity index (χ3n) is 2.82. The number of para-hydroxylation sites is 1. The van der Waals surface area contributed by atoms with E-state index in [1.165, 1.54) is 0 Å². The highest BCUT2D eigenvalue weighted by Crippen LogP contribution is 2.17. The van der Waals surface area contributed by atoms with E-state index in [-0.39, 0.29) is 12.1 Å². The van der Waals surface area contributed by atoms with Crippen molar-refractivity contribution in [3.05, 3.63) is 29.8 Å². The van der Waals surface area contributed by atoms with Crippen LogP contribution < -0.4 is 15.4 Å². The number of hydrogen-bond donors (Lipinski definition) is 3. The molecule has 5 heteroatoms. The quantitative estimate of drug-likeness (QED) is 0.713. The maximum Gasteiger partial charge on any atom is 0.314 e. The number of urea groups is 1. The van der Waals surface area contributed by atoms with Gasteiger partial charge in [-0.3, -0.25) is 0 Å². The van der Waals surface area contributed by atoms with Crippen LogP contribution in [0.2, 0.25) is 0 Å². The van der Waals surface area contributed by atoms with Crippen molar-refractivity contribution in [3.63, 3.8) is 0 Å². The van der Waals surface area contributed by atoms with Gasteiger partial charge in [0.25, 0.3) is 0 Å². The lowest BCUT2D eigenvalue weighted by Crippen LogP contribution is -2.41. The molecule has 2 atom stereocenters. The highest BCUT2D eigenvalue weighted by molar-refractivity contribution is 5.73. The van der Waals surface area contributed by atoms with Crippen molar-refractivity contribution in [1.82, 2.24) is 10.6 Å². The number of carbonyl (C=O) groups excluding carboxylic acids is 1. The van der Waals surface area contributed by atoms with Gasteiger partial charge in [-0.25, -0.2) is 4.79 Å². The van der Waals surface area contributed by atoms with Crippen LogP contribution in [0.1, 0.15) is 25.8 Å². The van der Waals surface area contributed by atoms with Crippen LogP contribution in [0, 0.1) is 6.92 Å². The van der Waals surface area contributed by atoms with E-state index in [4.69, 9.17) is 9.84 Å². The molecule has 2 unspecified atom stereocenters. The Labute approximate surface area is 120 Å². The molecule has 20 heavy (non-hydrogen) atoms. The van der Waals surface area contributed by atoms with Gasteiger partial charge in [-0.1, -0.05) is 18.2 Å². The second-order valence-electron chi connectivity index (χ2n) is 4.97. The number of rotatable bonds is 7. The molecule has 0 saturated heterocycles. The number of aryl methyl sites for hydroxylation is 1. The molecule has 0 aliphatic heterocycles. The molecular weight excluding hydrogens is 256 g/mol. The zero-order valence-corrected chi connectivity index (χ0v) is 12.3. The van der Waals surface area contributed by atoms with Crippen molar-refractivity contribution >= 4 is 6.03 Å². The van der Waals surface area contributed by atoms with E-state index in [9.17, 15) is 4.79 Å². The zero-order valence-electron chi connectivity index (χ0n) is 12.3. The average molecular weight is 280 g/mol. The summed E-state index contributed by atoms with van der Waals surface area (Å²) in [5, 5.41) is 14.5. The van der Waals surface area contributed by atoms with Gasteiger partial charge in [0.05, 0.1) is 12.6 Å². The van der Waals surface area contributed by atoms with Crippen molar-refractivity contribution in [3.8, 4) is 5.75 Å². The second kappa shape index (κ2) is 8.43. The summed E-state index contributed by atoms with van der Waals surface area (Å²) in [5.41, 5.74) is 1.07. The van der Waals surface area contributed by atoms with Gasteiger partial charge in [0, 0.05) is 6.54 Å². The number of hydrogen-bond acceptors (Lipinski definition) is 3. The Bertz CT molecular complexity index is 421. The molecule has 0 fully saturated rings. The van der Waals surface area contributed by atoms with Crippen LogP contribution in [0.5, 0.6) is 5.75 Å². The maximum absolute atomic E-state index is 11.5. The lowest BCUT2D eigenvalue weighted by atomic mass is 10.2. The van der Waals surface area contributed by atoms with Gasteiger partial charge in [-0.2, -0.15) is 0 Å². The molecule has 1 aromatic carbocycles. The van der Waals surface area contributed by atoms with Gasteiger partial charge in [0.1, 0.15) is 11.9 Å². The lowest BCUT2D eigenvalue weighted by Gasteiger charge is -2.17. The van der Waals surface area contributed by atoms with Gasteiger partial charge in [-0.05, 0) is 38.8 Å². The standard InChI is InChI=1S/C15H24N2O3/c1-11-6-4-5-7-14(11)20-13(3)10-17-15(19)16-9-8-12(2)18/h4-7,12-13,18H,8-10H2,1-3H3,(H2,16,17,19). The molecule has 1 aromatic rings. The SMILES string of the molecule is Cc1ccccc1OC(C)CNC(=O)NCCC(C)O. The Morgan fingerprint density at radius 3 is 2.65 bits per heavy atom. The van der Waals surface area contributed by atoms with Gasteiger partial charge in [0.2, 0.25) is 0 Å². The fourth-order valence-corrected chi connectivity index (χ4v) is 1.64. The van der Waals surface area contributed by atoms with E-state index in [1.807, 2.05) is 38.1 Å². The van der Waals surface area contributed by atoms with Crippen molar-refractivity contribution in [2.75, 3.05) is 13.1 Å². The number of aliphatic hydroxyl groups is 1. The van der Waals surface area contributed by atoms with Crippen molar-refractivity contribution in [1.29, 1.82) is 0 Å². The molecule has 0 aliphatic carbocycles. The Kier molecular flexibility index (Phi) is 6.87. The summed E-state index contributed by atoms with van der Waals surface area (Å²) < 4.78 is 5.76. The van der Waals surface area contributed by atoms with E-state index in [1.54, 1.807) is 6.92 Å². The molecule has 0 saturated carbocycles. The predicted octanol–water partition coefficient (Wildman–Crippen LogP) is 1.83. The smallest absolute Gasteiger partial charge is 0.314 e. The minimum Gasteiger partial charge on any atom is -0.489 e. The number of ether oxygens (including phenoxy) is 1. The first-order valence-corrected chi connectivity index (χ1v) is 6.91. The first-order valence-electron chi connectivity index (χ1n) is 6.91. The first kappa shape index (κ1) is 16.3. The van der Waals surface area contributed by atoms with Crippen LogP contribution >= 0.6 is 0 Å². The van der Waals surface area contributed by atoms with Crippen molar-refractivity contribution < 1.29 is 14.6 Å². The summed E-state index contributed by atoms with van der Waals surface area (Å²) >= 11 is 0. The number of carbonyl (C=O) groups is 1. The van der Waals surface area contributed by atoms with Crippen molar-refractivity contribution in [2.24, 2.45) is 0 Å². The number of benzene rings is 1. The van der Waals surface area contributed by atoms with E-state index in [0.717, 1.165) is 11.3 Å². The lowest BCUT2D eigenvalue weighted by molar-refractivity contribution is 0.182. The molecule has 1 rings (SSSR count). The topological polar surface area (TPSA) is 70.6 Å². The van der Waals surface area contributed by atoms with Crippen LogP contribution in [0.25, 0.3) is 0 Å². The van der Waals surface area contributed by atoms with Crippen LogP contribution in [-0.4, -0.2) is 36.4 Å². The predicted molar refractivity (Wildman–Crippen MR) is 79.0 cm³/mol. The molecule has 0 spiro atoms. The van der Waals surface area contributed by atoms with E-state index in [2.05, 4.69) is 10.6 Å². The summed E-state index contributed by atoms with van der Waals surface area (Å²) in [6, 6.07) is 7.53. The molecule has 3 N–H and O–H groups in total. The number of amides is 2. The van der Waals surface area contributed by atoms with E-state index in [0.29, 0.717) is 19.5 Å². The highest BCUT2D eigenvalue weighted by atomic mass is 16.5. The van der Waals surface area contributed by atoms with Gasteiger partial charge < -0.3 is 20.5 Å². The molecular formula is C15H24N2O3. The minimum absolute atomic E-state index is 0.112. The highest BCUT2D eigenvalue weighted by Gasteiger charge is 2.08. The Morgan fingerprint density at radius 1 is 1.30 bits per heavy atom. The van der Waals surface area contributed by atoms with Gasteiger partial charge >= 0.3 is 6.03 Å². The Balaban J connectivity index is 2.24. The molecule has 0 heterocycles.